The Balaban J connectivity index is 1.47. The minimum Gasteiger partial charge on any atom is -0.481 e. The molecule has 0 saturated carbocycles. The Morgan fingerprint density at radius 1 is 1.09 bits per heavy atom. The molecule has 1 aliphatic heterocycles. The van der Waals surface area contributed by atoms with Gasteiger partial charge in [0.2, 0.25) is 5.95 Å². The molecular formula is C27H31FN4O2. The molecular weight excluding hydrogens is 431 g/mol. The van der Waals surface area contributed by atoms with Crippen LogP contribution in [0.15, 0.2) is 54.9 Å². The summed E-state index contributed by atoms with van der Waals surface area (Å²) in [7, 11) is 0. The number of nitrogens with zero attached hydrogens (tertiary/aromatic N) is 4. The van der Waals surface area contributed by atoms with Gasteiger partial charge in [-0.25, -0.2) is 14.4 Å². The second-order valence-electron chi connectivity index (χ2n) is 9.42. The molecule has 1 saturated heterocycles. The molecule has 7 heteroatoms. The van der Waals surface area contributed by atoms with E-state index in [9.17, 15) is 9.18 Å². The number of aliphatic carboxylic acids is 1. The number of carboxylic acid groups (broad SMARTS) is 1. The summed E-state index contributed by atoms with van der Waals surface area (Å²) < 4.78 is 13.6. The number of piperazine rings is 1. The molecule has 6 nitrogen and oxygen atoms in total. The second-order valence-corrected chi connectivity index (χ2v) is 9.42. The Labute approximate surface area is 200 Å². The molecule has 178 valence electrons. The summed E-state index contributed by atoms with van der Waals surface area (Å²) in [6.45, 7) is 9.74. The SMILES string of the molecule is Cc1cc(CC(=O)O)cc(CN2CCN(c3ncc(-c4cccc(F)c4)cn3)[C@@H](C(C)C)C2)c1. The van der Waals surface area contributed by atoms with Crippen molar-refractivity contribution in [3.05, 3.63) is 77.4 Å². The highest BCUT2D eigenvalue weighted by molar-refractivity contribution is 5.70. The summed E-state index contributed by atoms with van der Waals surface area (Å²) in [6.07, 6.45) is 3.56. The topological polar surface area (TPSA) is 69.6 Å². The number of carbonyl (C=O) groups is 1. The van der Waals surface area contributed by atoms with Crippen molar-refractivity contribution in [3.63, 3.8) is 0 Å². The zero-order valence-corrected chi connectivity index (χ0v) is 19.9. The minimum absolute atomic E-state index is 0.0417. The summed E-state index contributed by atoms with van der Waals surface area (Å²) in [6, 6.07) is 12.8. The number of anilines is 1. The van der Waals surface area contributed by atoms with Crippen LogP contribution in [0.25, 0.3) is 11.1 Å². The summed E-state index contributed by atoms with van der Waals surface area (Å²) in [4.78, 5) is 25.1. The van der Waals surface area contributed by atoms with E-state index in [1.165, 1.54) is 12.1 Å². The Morgan fingerprint density at radius 3 is 2.50 bits per heavy atom. The van der Waals surface area contributed by atoms with E-state index in [2.05, 4.69) is 39.7 Å². The van der Waals surface area contributed by atoms with Crippen LogP contribution >= 0.6 is 0 Å². The van der Waals surface area contributed by atoms with E-state index in [-0.39, 0.29) is 18.3 Å². The molecule has 0 radical (unpaired) electrons. The highest BCUT2D eigenvalue weighted by Crippen LogP contribution is 2.25. The summed E-state index contributed by atoms with van der Waals surface area (Å²) >= 11 is 0. The van der Waals surface area contributed by atoms with Crippen molar-refractivity contribution in [2.75, 3.05) is 24.5 Å². The maximum absolute atomic E-state index is 13.6. The van der Waals surface area contributed by atoms with E-state index in [0.717, 1.165) is 54.0 Å². The van der Waals surface area contributed by atoms with Crippen LogP contribution in [0.4, 0.5) is 10.3 Å². The number of aromatic nitrogens is 2. The highest BCUT2D eigenvalue weighted by atomic mass is 19.1. The lowest BCUT2D eigenvalue weighted by molar-refractivity contribution is -0.136. The molecule has 4 rings (SSSR count). The molecule has 1 fully saturated rings. The lowest BCUT2D eigenvalue weighted by Gasteiger charge is -2.43. The van der Waals surface area contributed by atoms with E-state index >= 15 is 0 Å². The van der Waals surface area contributed by atoms with Crippen LogP contribution in [-0.2, 0) is 17.8 Å². The maximum Gasteiger partial charge on any atom is 0.307 e. The molecule has 1 aromatic heterocycles. The fourth-order valence-corrected chi connectivity index (χ4v) is 4.69. The molecule has 0 amide bonds. The van der Waals surface area contributed by atoms with Crippen molar-refractivity contribution in [1.82, 2.24) is 14.9 Å². The smallest absolute Gasteiger partial charge is 0.307 e. The number of halogens is 1. The molecule has 2 heterocycles. The summed E-state index contributed by atoms with van der Waals surface area (Å²) in [5.74, 6) is 0.00175. The van der Waals surface area contributed by atoms with Crippen LogP contribution in [0.3, 0.4) is 0 Å². The molecule has 0 spiro atoms. The van der Waals surface area contributed by atoms with Gasteiger partial charge >= 0.3 is 5.97 Å². The molecule has 1 N–H and O–H groups in total. The van der Waals surface area contributed by atoms with E-state index in [1.807, 2.05) is 25.1 Å². The van der Waals surface area contributed by atoms with Crippen molar-refractivity contribution >= 4 is 11.9 Å². The monoisotopic (exact) mass is 462 g/mol. The van der Waals surface area contributed by atoms with Crippen molar-refractivity contribution in [1.29, 1.82) is 0 Å². The highest BCUT2D eigenvalue weighted by Gasteiger charge is 2.31. The first-order valence-electron chi connectivity index (χ1n) is 11.7. The molecule has 3 aromatic rings. The van der Waals surface area contributed by atoms with E-state index in [1.54, 1.807) is 18.5 Å². The van der Waals surface area contributed by atoms with Crippen LogP contribution in [-0.4, -0.2) is 51.6 Å². The quantitative estimate of drug-likeness (QED) is 0.555. The average Bonchev–Trinajstić information content (AvgIpc) is 2.78. The predicted molar refractivity (Wildman–Crippen MR) is 131 cm³/mol. The van der Waals surface area contributed by atoms with Gasteiger partial charge in [-0.3, -0.25) is 9.69 Å². The van der Waals surface area contributed by atoms with Gasteiger partial charge in [-0.2, -0.15) is 0 Å². The van der Waals surface area contributed by atoms with Crippen molar-refractivity contribution in [2.45, 2.75) is 39.8 Å². The maximum atomic E-state index is 13.6. The van der Waals surface area contributed by atoms with Gasteiger partial charge in [0.15, 0.2) is 0 Å². The van der Waals surface area contributed by atoms with Crippen LogP contribution in [0.2, 0.25) is 0 Å². The Hall–Kier alpha value is -3.32. The van der Waals surface area contributed by atoms with Gasteiger partial charge < -0.3 is 10.0 Å². The fraction of sp³-hybridized carbons (Fsp3) is 0.370. The van der Waals surface area contributed by atoms with Crippen molar-refractivity contribution < 1.29 is 14.3 Å². The second kappa shape index (κ2) is 10.3. The van der Waals surface area contributed by atoms with Crippen LogP contribution in [0.1, 0.15) is 30.5 Å². The first-order chi connectivity index (χ1) is 16.3. The molecule has 0 aliphatic carbocycles. The molecule has 34 heavy (non-hydrogen) atoms. The normalized spacial score (nSPS) is 16.7. The first-order valence-corrected chi connectivity index (χ1v) is 11.7. The van der Waals surface area contributed by atoms with Gasteiger partial charge in [-0.05, 0) is 41.7 Å². The summed E-state index contributed by atoms with van der Waals surface area (Å²) in [5, 5.41) is 9.15. The van der Waals surface area contributed by atoms with Gasteiger partial charge in [0.25, 0.3) is 0 Å². The largest absolute Gasteiger partial charge is 0.481 e. The Bertz CT molecular complexity index is 1150. The molecule has 1 atom stereocenters. The predicted octanol–water partition coefficient (Wildman–Crippen LogP) is 4.57. The standard InChI is InChI=1S/C27H31FN4O2/c1-18(2)25-17-31(16-21-10-19(3)9-20(11-21)12-26(33)34)7-8-32(25)27-29-14-23(15-30-27)22-5-4-6-24(28)13-22/h4-6,9-11,13-15,18,25H,7-8,12,16-17H2,1-3H3,(H,33,34)/t25-/m1/s1. The van der Waals surface area contributed by atoms with Gasteiger partial charge in [0.1, 0.15) is 5.82 Å². The fourth-order valence-electron chi connectivity index (χ4n) is 4.69. The third-order valence-electron chi connectivity index (χ3n) is 6.28. The van der Waals surface area contributed by atoms with Gasteiger partial charge in [-0.15, -0.1) is 0 Å². The van der Waals surface area contributed by atoms with E-state index in [0.29, 0.717) is 11.9 Å². The molecule has 0 unspecified atom stereocenters. The van der Waals surface area contributed by atoms with Gasteiger partial charge in [-0.1, -0.05) is 49.7 Å². The van der Waals surface area contributed by atoms with Crippen molar-refractivity contribution in [2.24, 2.45) is 5.92 Å². The summed E-state index contributed by atoms with van der Waals surface area (Å²) in [5.41, 5.74) is 4.62. The van der Waals surface area contributed by atoms with Gasteiger partial charge in [0.05, 0.1) is 6.42 Å². The van der Waals surface area contributed by atoms with Crippen molar-refractivity contribution in [3.8, 4) is 11.1 Å². The number of benzene rings is 2. The zero-order valence-electron chi connectivity index (χ0n) is 19.9. The average molecular weight is 463 g/mol. The van der Waals surface area contributed by atoms with E-state index in [4.69, 9.17) is 5.11 Å². The number of rotatable bonds is 7. The third kappa shape index (κ3) is 5.78. The Morgan fingerprint density at radius 2 is 1.82 bits per heavy atom. The van der Waals surface area contributed by atoms with Gasteiger partial charge in [0, 0.05) is 50.2 Å². The lowest BCUT2D eigenvalue weighted by Crippen LogP contribution is -2.55. The zero-order chi connectivity index (χ0) is 24.2. The minimum atomic E-state index is -0.812. The van der Waals surface area contributed by atoms with Crippen LogP contribution in [0.5, 0.6) is 0 Å². The lowest BCUT2D eigenvalue weighted by atomic mass is 9.98. The third-order valence-corrected chi connectivity index (χ3v) is 6.28. The molecule has 2 aromatic carbocycles. The number of aryl methyl sites for hydroxylation is 1. The van der Waals surface area contributed by atoms with E-state index < -0.39 is 5.97 Å². The Kier molecular flexibility index (Phi) is 7.22. The number of hydrogen-bond donors (Lipinski definition) is 1. The van der Waals surface area contributed by atoms with Crippen LogP contribution in [0, 0.1) is 18.7 Å². The van der Waals surface area contributed by atoms with Crippen LogP contribution < -0.4 is 4.90 Å². The molecule has 1 aliphatic rings. The number of carboxylic acids is 1. The first kappa shape index (κ1) is 23.8. The molecule has 0 bridgehead atoms. The number of hydrogen-bond acceptors (Lipinski definition) is 5.